The number of carbonyl (C=O) groups is 3. The third kappa shape index (κ3) is 8.75. The molecule has 4 N–H and O–H groups in total. The van der Waals surface area contributed by atoms with Crippen LogP contribution >= 0.6 is 0 Å². The summed E-state index contributed by atoms with van der Waals surface area (Å²) in [4.78, 5) is 36.3. The average Bonchev–Trinajstić information content (AvgIpc) is 2.57. The molecule has 1 aromatic carbocycles. The molecule has 0 aliphatic heterocycles. The fourth-order valence-corrected chi connectivity index (χ4v) is 2.46. The van der Waals surface area contributed by atoms with Gasteiger partial charge in [0, 0.05) is 6.42 Å². The van der Waals surface area contributed by atoms with Crippen LogP contribution in [0.3, 0.4) is 0 Å². The lowest BCUT2D eigenvalue weighted by Gasteiger charge is -2.24. The molecule has 0 saturated heterocycles. The van der Waals surface area contributed by atoms with Crippen LogP contribution in [-0.4, -0.2) is 45.9 Å². The van der Waals surface area contributed by atoms with E-state index in [0.717, 1.165) is 6.42 Å². The molecule has 0 bridgehead atoms. The van der Waals surface area contributed by atoms with Crippen molar-refractivity contribution in [3.05, 3.63) is 29.8 Å². The molecule has 2 atom stereocenters. The molecule has 8 heteroatoms. The standard InChI is InChI=1S/C20H30N2O6/c1-5-6-7-15(18(25)26)21-17(24)16(22-19(27)28-20(2,3)4)12-13-8-10-14(23)11-9-13/h8-11,15-16,23H,5-7,12H2,1-4H3,(H,21,24)(H,22,27)(H,25,26)/t15-,16+/m1/s1. The van der Waals surface area contributed by atoms with Gasteiger partial charge in [0.25, 0.3) is 0 Å². The molecule has 28 heavy (non-hydrogen) atoms. The van der Waals surface area contributed by atoms with E-state index >= 15 is 0 Å². The third-order valence-electron chi connectivity index (χ3n) is 3.84. The Morgan fingerprint density at radius 1 is 1.07 bits per heavy atom. The molecule has 0 fully saturated rings. The summed E-state index contributed by atoms with van der Waals surface area (Å²) in [6.07, 6.45) is 1.10. The van der Waals surface area contributed by atoms with Gasteiger partial charge in [-0.2, -0.15) is 0 Å². The molecule has 0 radical (unpaired) electrons. The van der Waals surface area contributed by atoms with Crippen LogP contribution < -0.4 is 10.6 Å². The van der Waals surface area contributed by atoms with Crippen molar-refractivity contribution in [3.63, 3.8) is 0 Å². The number of unbranched alkanes of at least 4 members (excludes halogenated alkanes) is 1. The van der Waals surface area contributed by atoms with Crippen molar-refractivity contribution in [1.82, 2.24) is 10.6 Å². The van der Waals surface area contributed by atoms with Crippen LogP contribution in [0.15, 0.2) is 24.3 Å². The van der Waals surface area contributed by atoms with Crippen molar-refractivity contribution < 1.29 is 29.3 Å². The number of nitrogens with one attached hydrogen (secondary N) is 2. The van der Waals surface area contributed by atoms with Crippen molar-refractivity contribution in [1.29, 1.82) is 0 Å². The van der Waals surface area contributed by atoms with E-state index in [9.17, 15) is 24.6 Å². The fraction of sp³-hybridized carbons (Fsp3) is 0.550. The lowest BCUT2D eigenvalue weighted by Crippen LogP contribution is -2.53. The van der Waals surface area contributed by atoms with Crippen LogP contribution in [0, 0.1) is 0 Å². The Balaban J connectivity index is 2.93. The van der Waals surface area contributed by atoms with Crippen molar-refractivity contribution in [2.45, 2.75) is 71.1 Å². The number of rotatable bonds is 9. The number of aliphatic carboxylic acids is 1. The van der Waals surface area contributed by atoms with Crippen LogP contribution in [0.25, 0.3) is 0 Å². The number of hydrogen-bond acceptors (Lipinski definition) is 5. The molecule has 1 aromatic rings. The van der Waals surface area contributed by atoms with E-state index in [4.69, 9.17) is 4.74 Å². The lowest BCUT2D eigenvalue weighted by molar-refractivity contribution is -0.142. The first kappa shape index (κ1) is 23.3. The van der Waals surface area contributed by atoms with Gasteiger partial charge in [-0.25, -0.2) is 9.59 Å². The third-order valence-corrected chi connectivity index (χ3v) is 3.84. The van der Waals surface area contributed by atoms with Gasteiger partial charge in [-0.05, 0) is 44.9 Å². The Kier molecular flexibility index (Phi) is 8.76. The zero-order valence-electron chi connectivity index (χ0n) is 16.8. The number of alkyl carbamates (subject to hydrolysis) is 1. The molecule has 0 saturated carbocycles. The minimum absolute atomic E-state index is 0.0790. The van der Waals surface area contributed by atoms with Crippen LogP contribution in [0.4, 0.5) is 4.79 Å². The predicted molar refractivity (Wildman–Crippen MR) is 104 cm³/mol. The van der Waals surface area contributed by atoms with Gasteiger partial charge < -0.3 is 25.6 Å². The summed E-state index contributed by atoms with van der Waals surface area (Å²) in [5.41, 5.74) is -0.0524. The number of benzene rings is 1. The highest BCUT2D eigenvalue weighted by atomic mass is 16.6. The molecule has 1 rings (SSSR count). The first-order valence-electron chi connectivity index (χ1n) is 9.32. The highest BCUT2D eigenvalue weighted by Gasteiger charge is 2.28. The Hall–Kier alpha value is -2.77. The quantitative estimate of drug-likeness (QED) is 0.510. The number of carboxylic acid groups (broad SMARTS) is 1. The fourth-order valence-electron chi connectivity index (χ4n) is 2.46. The van der Waals surface area contributed by atoms with Crippen molar-refractivity contribution in [2.75, 3.05) is 0 Å². The van der Waals surface area contributed by atoms with Crippen molar-refractivity contribution in [3.8, 4) is 5.75 Å². The van der Waals surface area contributed by atoms with Crippen LogP contribution in [0.5, 0.6) is 5.75 Å². The summed E-state index contributed by atoms with van der Waals surface area (Å²) in [5, 5.41) is 23.7. The van der Waals surface area contributed by atoms with Crippen LogP contribution in [0.1, 0.15) is 52.5 Å². The summed E-state index contributed by atoms with van der Waals surface area (Å²) >= 11 is 0. The first-order valence-corrected chi connectivity index (χ1v) is 9.32. The second-order valence-electron chi connectivity index (χ2n) is 7.61. The van der Waals surface area contributed by atoms with Gasteiger partial charge in [-0.3, -0.25) is 4.79 Å². The van der Waals surface area contributed by atoms with Gasteiger partial charge in [0.15, 0.2) is 0 Å². The SMILES string of the molecule is CCCC[C@@H](NC(=O)[C@H](Cc1ccc(O)cc1)NC(=O)OC(C)(C)C)C(=O)O. The van der Waals surface area contributed by atoms with Crippen LogP contribution in [-0.2, 0) is 20.7 Å². The summed E-state index contributed by atoms with van der Waals surface area (Å²) in [6, 6.07) is 4.13. The smallest absolute Gasteiger partial charge is 0.408 e. The molecule has 0 unspecified atom stereocenters. The Bertz CT molecular complexity index is 666. The van der Waals surface area contributed by atoms with Gasteiger partial charge in [-0.15, -0.1) is 0 Å². The second-order valence-corrected chi connectivity index (χ2v) is 7.61. The number of ether oxygens (including phenoxy) is 1. The molecule has 0 aromatic heterocycles. The highest BCUT2D eigenvalue weighted by molar-refractivity contribution is 5.89. The number of amides is 2. The number of carboxylic acids is 1. The van der Waals surface area contributed by atoms with E-state index in [1.807, 2.05) is 6.92 Å². The van der Waals surface area contributed by atoms with Gasteiger partial charge in [0.2, 0.25) is 5.91 Å². The van der Waals surface area contributed by atoms with E-state index in [2.05, 4.69) is 10.6 Å². The Morgan fingerprint density at radius 3 is 2.18 bits per heavy atom. The normalized spacial score (nSPS) is 13.3. The molecule has 8 nitrogen and oxygen atoms in total. The topological polar surface area (TPSA) is 125 Å². The first-order chi connectivity index (χ1) is 13.0. The second kappa shape index (κ2) is 10.5. The van der Waals surface area contributed by atoms with Crippen molar-refractivity contribution >= 4 is 18.0 Å². The van der Waals surface area contributed by atoms with E-state index in [1.54, 1.807) is 32.9 Å². The molecule has 0 spiro atoms. The van der Waals surface area contributed by atoms with Gasteiger partial charge in [-0.1, -0.05) is 31.9 Å². The number of aromatic hydroxyl groups is 1. The van der Waals surface area contributed by atoms with Crippen LogP contribution in [0.2, 0.25) is 0 Å². The maximum absolute atomic E-state index is 12.7. The minimum atomic E-state index is -1.12. The van der Waals surface area contributed by atoms with E-state index < -0.39 is 35.7 Å². The molecule has 156 valence electrons. The number of hydrogen-bond donors (Lipinski definition) is 4. The zero-order valence-corrected chi connectivity index (χ0v) is 16.8. The Morgan fingerprint density at radius 2 is 1.68 bits per heavy atom. The number of phenolic OH excluding ortho intramolecular Hbond substituents is 1. The zero-order chi connectivity index (χ0) is 21.3. The lowest BCUT2D eigenvalue weighted by atomic mass is 10.0. The van der Waals surface area contributed by atoms with E-state index in [-0.39, 0.29) is 12.2 Å². The maximum Gasteiger partial charge on any atom is 0.408 e. The largest absolute Gasteiger partial charge is 0.508 e. The van der Waals surface area contributed by atoms with Crippen molar-refractivity contribution in [2.24, 2.45) is 0 Å². The van der Waals surface area contributed by atoms with Gasteiger partial charge >= 0.3 is 12.1 Å². The number of phenols is 1. The molecule has 0 heterocycles. The Labute approximate surface area is 165 Å². The average molecular weight is 394 g/mol. The highest BCUT2D eigenvalue weighted by Crippen LogP contribution is 2.13. The van der Waals surface area contributed by atoms with Gasteiger partial charge in [0.1, 0.15) is 23.4 Å². The molecular formula is C20H30N2O6. The molecule has 2 amide bonds. The molecule has 0 aliphatic rings. The summed E-state index contributed by atoms with van der Waals surface area (Å²) in [6.45, 7) is 7.03. The molecule has 0 aliphatic carbocycles. The number of carbonyl (C=O) groups excluding carboxylic acids is 2. The summed E-state index contributed by atoms with van der Waals surface area (Å²) in [7, 11) is 0. The minimum Gasteiger partial charge on any atom is -0.508 e. The van der Waals surface area contributed by atoms with E-state index in [1.165, 1.54) is 12.1 Å². The van der Waals surface area contributed by atoms with E-state index in [0.29, 0.717) is 18.4 Å². The maximum atomic E-state index is 12.7. The van der Waals surface area contributed by atoms with Gasteiger partial charge in [0.05, 0.1) is 0 Å². The molecular weight excluding hydrogens is 364 g/mol. The monoisotopic (exact) mass is 394 g/mol. The summed E-state index contributed by atoms with van der Waals surface area (Å²) < 4.78 is 5.21. The summed E-state index contributed by atoms with van der Waals surface area (Å²) in [5.74, 6) is -1.65. The predicted octanol–water partition coefficient (Wildman–Crippen LogP) is 2.59.